The molecule has 0 saturated heterocycles. The van der Waals surface area contributed by atoms with Crippen LogP contribution in [0, 0.1) is 23.7 Å². The summed E-state index contributed by atoms with van der Waals surface area (Å²) in [6.45, 7) is 1.72. The van der Waals surface area contributed by atoms with Crippen molar-refractivity contribution in [2.24, 2.45) is 0 Å². The van der Waals surface area contributed by atoms with Crippen LogP contribution >= 0.6 is 11.6 Å². The molecule has 5 nitrogen and oxygen atoms in total. The van der Waals surface area contributed by atoms with Crippen LogP contribution in [0.25, 0.3) is 22.1 Å². The Labute approximate surface area is 129 Å². The molecule has 0 atom stereocenters. The number of aromatic amines is 1. The predicted octanol–water partition coefficient (Wildman–Crippen LogP) is 3.10. The second kappa shape index (κ2) is 5.17. The summed E-state index contributed by atoms with van der Waals surface area (Å²) in [5.74, 6) is 0. The van der Waals surface area contributed by atoms with Crippen molar-refractivity contribution in [2.45, 2.75) is 6.92 Å². The lowest BCUT2D eigenvalue weighted by atomic mass is 9.98. The van der Waals surface area contributed by atoms with Crippen molar-refractivity contribution in [1.29, 1.82) is 10.7 Å². The Morgan fingerprint density at radius 2 is 2.09 bits per heavy atom. The molecule has 3 aromatic rings. The molecule has 0 fully saturated rings. The minimum absolute atomic E-state index is 0.0186. The fraction of sp³-hybridized carbons (Fsp3) is 0.0625. The number of aromatic nitrogens is 1. The highest BCUT2D eigenvalue weighted by atomic mass is 35.5. The third-order valence-electron chi connectivity index (χ3n) is 3.33. The summed E-state index contributed by atoms with van der Waals surface area (Å²) in [5, 5.41) is 17.9. The highest BCUT2D eigenvalue weighted by Crippen LogP contribution is 2.33. The number of hydrogen-bond donors (Lipinski definition) is 2. The van der Waals surface area contributed by atoms with Gasteiger partial charge in [0, 0.05) is 27.9 Å². The number of fused-ring (bicyclic) bond motifs is 1. The van der Waals surface area contributed by atoms with Gasteiger partial charge in [-0.2, -0.15) is 5.26 Å². The van der Waals surface area contributed by atoms with Gasteiger partial charge in [0.2, 0.25) is 5.55 Å². The Balaban J connectivity index is 2.63. The maximum Gasteiger partial charge on any atom is 0.259 e. The van der Waals surface area contributed by atoms with Crippen molar-refractivity contribution in [2.75, 3.05) is 0 Å². The van der Waals surface area contributed by atoms with Gasteiger partial charge in [-0.05, 0) is 13.0 Å². The fourth-order valence-corrected chi connectivity index (χ4v) is 2.65. The van der Waals surface area contributed by atoms with Gasteiger partial charge in [0.15, 0.2) is 0 Å². The van der Waals surface area contributed by atoms with Crippen LogP contribution in [0.1, 0.15) is 11.3 Å². The molecule has 2 N–H and O–H groups in total. The van der Waals surface area contributed by atoms with Gasteiger partial charge in [-0.1, -0.05) is 29.8 Å². The van der Waals surface area contributed by atoms with Crippen molar-refractivity contribution >= 4 is 22.6 Å². The summed E-state index contributed by atoms with van der Waals surface area (Å²) in [5.41, 5.74) is 0.996. The topological polar surface area (TPSA) is 93.6 Å². The number of nitrogens with zero attached hydrogens (tertiary/aromatic N) is 1. The van der Waals surface area contributed by atoms with Crippen LogP contribution in [0.4, 0.5) is 0 Å². The molecule has 0 aliphatic heterocycles. The maximum absolute atomic E-state index is 12.4. The second-order valence-corrected chi connectivity index (χ2v) is 5.20. The molecule has 108 valence electrons. The first-order chi connectivity index (χ1) is 10.5. The van der Waals surface area contributed by atoms with Gasteiger partial charge in [-0.15, -0.1) is 0 Å². The summed E-state index contributed by atoms with van der Waals surface area (Å²) in [6.07, 6.45) is 0. The Morgan fingerprint density at radius 1 is 1.36 bits per heavy atom. The number of pyridine rings is 1. The van der Waals surface area contributed by atoms with E-state index in [4.69, 9.17) is 21.4 Å². The average Bonchev–Trinajstić information content (AvgIpc) is 2.46. The van der Waals surface area contributed by atoms with Crippen LogP contribution in [0.3, 0.4) is 0 Å². The average molecular weight is 312 g/mol. The molecule has 0 amide bonds. The Kier molecular flexibility index (Phi) is 3.32. The quantitative estimate of drug-likeness (QED) is 0.723. The zero-order valence-corrected chi connectivity index (χ0v) is 12.3. The minimum Gasteiger partial charge on any atom is -0.437 e. The van der Waals surface area contributed by atoms with Crippen LogP contribution < -0.4 is 11.1 Å². The largest absolute Gasteiger partial charge is 0.437 e. The van der Waals surface area contributed by atoms with Gasteiger partial charge in [0.05, 0.1) is 5.39 Å². The monoisotopic (exact) mass is 311 g/mol. The van der Waals surface area contributed by atoms with Gasteiger partial charge in [-0.25, -0.2) is 0 Å². The third-order valence-corrected chi connectivity index (χ3v) is 3.66. The number of nitriles is 1. The van der Waals surface area contributed by atoms with E-state index < -0.39 is 0 Å². The SMILES string of the molecule is Cc1cc2oc(=N)c(C#N)c(-c3ccccc3Cl)c2c(=O)[nH]1. The summed E-state index contributed by atoms with van der Waals surface area (Å²) in [4.78, 5) is 15.0. The lowest BCUT2D eigenvalue weighted by Gasteiger charge is -2.10. The van der Waals surface area contributed by atoms with E-state index in [9.17, 15) is 10.1 Å². The molecule has 22 heavy (non-hydrogen) atoms. The zero-order chi connectivity index (χ0) is 15.9. The first-order valence-electron chi connectivity index (χ1n) is 6.43. The maximum atomic E-state index is 12.4. The molecule has 0 aliphatic rings. The number of aryl methyl sites for hydroxylation is 1. The van der Waals surface area contributed by atoms with Crippen molar-refractivity contribution in [3.05, 3.63) is 62.5 Å². The van der Waals surface area contributed by atoms with Crippen LogP contribution in [-0.2, 0) is 0 Å². The second-order valence-electron chi connectivity index (χ2n) is 4.79. The van der Waals surface area contributed by atoms with Gasteiger partial charge >= 0.3 is 0 Å². The van der Waals surface area contributed by atoms with E-state index in [0.29, 0.717) is 21.8 Å². The van der Waals surface area contributed by atoms with Crippen molar-refractivity contribution in [3.8, 4) is 17.2 Å². The molecule has 0 unspecified atom stereocenters. The number of nitrogens with one attached hydrogen (secondary N) is 2. The lowest BCUT2D eigenvalue weighted by molar-refractivity contribution is 0.530. The number of benzene rings is 1. The predicted molar refractivity (Wildman–Crippen MR) is 82.6 cm³/mol. The van der Waals surface area contributed by atoms with Crippen molar-refractivity contribution in [3.63, 3.8) is 0 Å². The molecule has 2 aromatic heterocycles. The molecule has 1 aromatic carbocycles. The van der Waals surface area contributed by atoms with E-state index in [1.807, 2.05) is 6.07 Å². The molecule has 0 spiro atoms. The van der Waals surface area contributed by atoms with Gasteiger partial charge in [0.1, 0.15) is 17.2 Å². The minimum atomic E-state index is -0.384. The van der Waals surface area contributed by atoms with Gasteiger partial charge in [-0.3, -0.25) is 10.2 Å². The zero-order valence-electron chi connectivity index (χ0n) is 11.5. The van der Waals surface area contributed by atoms with E-state index in [2.05, 4.69) is 4.98 Å². The molecule has 0 radical (unpaired) electrons. The normalized spacial score (nSPS) is 10.6. The summed E-state index contributed by atoms with van der Waals surface area (Å²) in [6, 6.07) is 10.4. The van der Waals surface area contributed by atoms with Gasteiger partial charge < -0.3 is 9.40 Å². The van der Waals surface area contributed by atoms with Gasteiger partial charge in [0.25, 0.3) is 5.56 Å². The first kappa shape index (κ1) is 14.1. The standard InChI is InChI=1S/C16H10ClN3O2/c1-8-6-12-14(16(21)20-8)13(10(7-18)15(19)22-12)9-4-2-3-5-11(9)17/h2-6,19H,1H3,(H,20,21). The highest BCUT2D eigenvalue weighted by molar-refractivity contribution is 6.33. The number of halogens is 1. The van der Waals surface area contributed by atoms with E-state index in [1.165, 1.54) is 0 Å². The molecular formula is C16H10ClN3O2. The van der Waals surface area contributed by atoms with E-state index in [-0.39, 0.29) is 27.6 Å². The fourth-order valence-electron chi connectivity index (χ4n) is 2.42. The number of hydrogen-bond acceptors (Lipinski definition) is 4. The summed E-state index contributed by atoms with van der Waals surface area (Å²) >= 11 is 6.21. The molecule has 0 aliphatic carbocycles. The number of rotatable bonds is 1. The lowest BCUT2D eigenvalue weighted by Crippen LogP contribution is -2.15. The highest BCUT2D eigenvalue weighted by Gasteiger charge is 2.19. The van der Waals surface area contributed by atoms with Crippen LogP contribution in [0.15, 0.2) is 39.5 Å². The van der Waals surface area contributed by atoms with E-state index >= 15 is 0 Å². The molecule has 2 heterocycles. The van der Waals surface area contributed by atoms with E-state index in [0.717, 1.165) is 0 Å². The number of H-pyrrole nitrogens is 1. The van der Waals surface area contributed by atoms with Crippen LogP contribution in [0.5, 0.6) is 0 Å². The molecule has 6 heteroatoms. The summed E-state index contributed by atoms with van der Waals surface area (Å²) < 4.78 is 5.33. The Morgan fingerprint density at radius 3 is 2.77 bits per heavy atom. The van der Waals surface area contributed by atoms with E-state index in [1.54, 1.807) is 37.3 Å². The molecule has 0 saturated carbocycles. The summed E-state index contributed by atoms with van der Waals surface area (Å²) in [7, 11) is 0. The molecular weight excluding hydrogens is 302 g/mol. The smallest absolute Gasteiger partial charge is 0.259 e. The first-order valence-corrected chi connectivity index (χ1v) is 6.81. The van der Waals surface area contributed by atoms with Crippen LogP contribution in [-0.4, -0.2) is 4.98 Å². The molecule has 0 bridgehead atoms. The van der Waals surface area contributed by atoms with Crippen molar-refractivity contribution < 1.29 is 4.42 Å². The Bertz CT molecular complexity index is 1060. The van der Waals surface area contributed by atoms with Crippen LogP contribution in [0.2, 0.25) is 5.02 Å². The van der Waals surface area contributed by atoms with Crippen molar-refractivity contribution in [1.82, 2.24) is 4.98 Å². The molecule has 3 rings (SSSR count). The Hall–Kier alpha value is -2.84. The third kappa shape index (κ3) is 2.10.